The number of nitrogens with one attached hydrogen (secondary N) is 1. The molecule has 0 radical (unpaired) electrons. The number of halogens is 1. The maximum absolute atomic E-state index is 12.2. The monoisotopic (exact) mass is 342 g/mol. The molecule has 5 heteroatoms. The molecule has 3 nitrogen and oxygen atoms in total. The van der Waals surface area contributed by atoms with Crippen molar-refractivity contribution < 1.29 is 4.79 Å². The molecule has 1 aliphatic heterocycles. The highest BCUT2D eigenvalue weighted by Crippen LogP contribution is 2.20. The Hall–Kier alpha value is -0.520. The second kappa shape index (κ2) is 6.77. The van der Waals surface area contributed by atoms with Gasteiger partial charge in [-0.1, -0.05) is 6.42 Å². The van der Waals surface area contributed by atoms with E-state index in [0.29, 0.717) is 18.2 Å². The Balaban J connectivity index is 1.95. The Morgan fingerprint density at radius 2 is 2.32 bits per heavy atom. The van der Waals surface area contributed by atoms with Crippen molar-refractivity contribution in [1.82, 2.24) is 10.2 Å². The third-order valence-corrected chi connectivity index (χ3v) is 4.58. The quantitative estimate of drug-likeness (QED) is 0.827. The van der Waals surface area contributed by atoms with Gasteiger partial charge in [0.05, 0.1) is 5.56 Å². The first-order valence-electron chi connectivity index (χ1n) is 6.55. The molecule has 0 bridgehead atoms. The van der Waals surface area contributed by atoms with E-state index in [2.05, 4.69) is 45.8 Å². The van der Waals surface area contributed by atoms with E-state index in [-0.39, 0.29) is 5.91 Å². The molecule has 1 fully saturated rings. The number of hydrogen-bond donors (Lipinski definition) is 2. The molecule has 104 valence electrons. The van der Waals surface area contributed by atoms with Gasteiger partial charge in [-0.3, -0.25) is 4.79 Å². The van der Waals surface area contributed by atoms with Gasteiger partial charge in [-0.05, 0) is 60.6 Å². The molecule has 1 amide bonds. The maximum atomic E-state index is 12.2. The number of likely N-dealkylation sites (tertiary alicyclic amines) is 1. The third kappa shape index (κ3) is 3.97. The number of piperidine rings is 1. The van der Waals surface area contributed by atoms with Gasteiger partial charge in [0, 0.05) is 22.0 Å². The Morgan fingerprint density at radius 3 is 3.05 bits per heavy atom. The topological polar surface area (TPSA) is 32.3 Å². The van der Waals surface area contributed by atoms with E-state index < -0.39 is 0 Å². The van der Waals surface area contributed by atoms with Crippen molar-refractivity contribution in [2.45, 2.75) is 30.2 Å². The van der Waals surface area contributed by atoms with Crippen LogP contribution in [0.15, 0.2) is 27.6 Å². The Bertz CT molecular complexity index is 467. The van der Waals surface area contributed by atoms with Gasteiger partial charge in [0.1, 0.15) is 0 Å². The summed E-state index contributed by atoms with van der Waals surface area (Å²) in [5.74, 6) is -0.0400. The lowest BCUT2D eigenvalue weighted by Crippen LogP contribution is -2.44. The van der Waals surface area contributed by atoms with Crippen LogP contribution in [-0.4, -0.2) is 37.0 Å². The molecule has 1 unspecified atom stereocenters. The molecular formula is C14H19BrN2OS. The zero-order valence-corrected chi connectivity index (χ0v) is 13.5. The minimum Gasteiger partial charge on any atom is -0.350 e. The van der Waals surface area contributed by atoms with Crippen molar-refractivity contribution in [2.24, 2.45) is 0 Å². The number of thiol groups is 1. The number of benzene rings is 1. The summed E-state index contributed by atoms with van der Waals surface area (Å²) in [5, 5.41) is 3.02. The summed E-state index contributed by atoms with van der Waals surface area (Å²) in [5.41, 5.74) is 0.644. The van der Waals surface area contributed by atoms with Crippen LogP contribution in [0.5, 0.6) is 0 Å². The summed E-state index contributed by atoms with van der Waals surface area (Å²) in [6.07, 6.45) is 3.67. The lowest BCUT2D eigenvalue weighted by molar-refractivity contribution is 0.0927. The number of nitrogens with zero attached hydrogens (tertiary/aromatic N) is 1. The van der Waals surface area contributed by atoms with E-state index in [1.807, 2.05) is 12.1 Å². The molecule has 1 N–H and O–H groups in total. The van der Waals surface area contributed by atoms with Gasteiger partial charge < -0.3 is 10.2 Å². The predicted octanol–water partition coefficient (Wildman–Crippen LogP) is 2.95. The van der Waals surface area contributed by atoms with Crippen molar-refractivity contribution in [1.29, 1.82) is 0 Å². The van der Waals surface area contributed by atoms with Crippen molar-refractivity contribution in [3.05, 3.63) is 28.2 Å². The largest absolute Gasteiger partial charge is 0.350 e. The third-order valence-electron chi connectivity index (χ3n) is 3.61. The molecule has 0 aliphatic carbocycles. The second-order valence-corrected chi connectivity index (χ2v) is 6.38. The molecule has 19 heavy (non-hydrogen) atoms. The van der Waals surface area contributed by atoms with Crippen molar-refractivity contribution in [3.63, 3.8) is 0 Å². The fraction of sp³-hybridized carbons (Fsp3) is 0.500. The number of hydrogen-bond acceptors (Lipinski definition) is 3. The standard InChI is InChI=1S/C14H19BrN2OS/c1-17-7-3-2-4-10(17)9-16-14(18)12-8-11(19)5-6-13(12)15/h5-6,8,10,19H,2-4,7,9H2,1H3,(H,16,18). The molecule has 0 saturated carbocycles. The first-order valence-corrected chi connectivity index (χ1v) is 7.79. The molecule has 1 aromatic carbocycles. The second-order valence-electron chi connectivity index (χ2n) is 5.00. The van der Waals surface area contributed by atoms with Gasteiger partial charge in [-0.2, -0.15) is 0 Å². The van der Waals surface area contributed by atoms with E-state index >= 15 is 0 Å². The van der Waals surface area contributed by atoms with Crippen LogP contribution >= 0.6 is 28.6 Å². The number of likely N-dealkylation sites (N-methyl/N-ethyl adjacent to an activating group) is 1. The number of amides is 1. The van der Waals surface area contributed by atoms with Crippen LogP contribution < -0.4 is 5.32 Å². The molecular weight excluding hydrogens is 324 g/mol. The summed E-state index contributed by atoms with van der Waals surface area (Å²) in [4.78, 5) is 15.3. The SMILES string of the molecule is CN1CCCCC1CNC(=O)c1cc(S)ccc1Br. The summed E-state index contributed by atoms with van der Waals surface area (Å²) < 4.78 is 0.805. The highest BCUT2D eigenvalue weighted by molar-refractivity contribution is 9.10. The molecule has 1 aromatic rings. The lowest BCUT2D eigenvalue weighted by atomic mass is 10.0. The summed E-state index contributed by atoms with van der Waals surface area (Å²) >= 11 is 7.67. The number of rotatable bonds is 3. The van der Waals surface area contributed by atoms with E-state index in [0.717, 1.165) is 22.3 Å². The van der Waals surface area contributed by atoms with Crippen LogP contribution in [0.25, 0.3) is 0 Å². The van der Waals surface area contributed by atoms with Gasteiger partial charge in [0.2, 0.25) is 0 Å². The van der Waals surface area contributed by atoms with E-state index in [9.17, 15) is 4.79 Å². The molecule has 0 aromatic heterocycles. The molecule has 1 aliphatic rings. The van der Waals surface area contributed by atoms with Crippen LogP contribution in [0, 0.1) is 0 Å². The van der Waals surface area contributed by atoms with E-state index in [1.165, 1.54) is 12.8 Å². The predicted molar refractivity (Wildman–Crippen MR) is 84.0 cm³/mol. The highest BCUT2D eigenvalue weighted by Gasteiger charge is 2.20. The fourth-order valence-corrected chi connectivity index (χ4v) is 3.03. The van der Waals surface area contributed by atoms with Crippen LogP contribution in [-0.2, 0) is 0 Å². The van der Waals surface area contributed by atoms with Gasteiger partial charge in [-0.15, -0.1) is 12.6 Å². The van der Waals surface area contributed by atoms with Gasteiger partial charge in [0.25, 0.3) is 5.91 Å². The maximum Gasteiger partial charge on any atom is 0.252 e. The summed E-state index contributed by atoms with van der Waals surface area (Å²) in [7, 11) is 2.13. The summed E-state index contributed by atoms with van der Waals surface area (Å²) in [6.45, 7) is 1.83. The lowest BCUT2D eigenvalue weighted by Gasteiger charge is -2.32. The number of carbonyl (C=O) groups excluding carboxylic acids is 1. The summed E-state index contributed by atoms with van der Waals surface area (Å²) in [6, 6.07) is 5.95. The molecule has 1 saturated heterocycles. The van der Waals surface area contributed by atoms with E-state index in [1.54, 1.807) is 6.07 Å². The normalized spacial score (nSPS) is 20.3. The Morgan fingerprint density at radius 1 is 1.53 bits per heavy atom. The highest BCUT2D eigenvalue weighted by atomic mass is 79.9. The van der Waals surface area contributed by atoms with Crippen LogP contribution in [0.1, 0.15) is 29.6 Å². The Labute approximate surface area is 128 Å². The number of carbonyl (C=O) groups is 1. The van der Waals surface area contributed by atoms with Crippen LogP contribution in [0.4, 0.5) is 0 Å². The van der Waals surface area contributed by atoms with Crippen molar-refractivity contribution >= 4 is 34.5 Å². The molecule has 1 atom stereocenters. The molecule has 0 spiro atoms. The zero-order valence-electron chi connectivity index (χ0n) is 11.0. The van der Waals surface area contributed by atoms with Gasteiger partial charge in [-0.25, -0.2) is 0 Å². The average Bonchev–Trinajstić information content (AvgIpc) is 2.40. The van der Waals surface area contributed by atoms with Gasteiger partial charge >= 0.3 is 0 Å². The minimum atomic E-state index is -0.0400. The Kier molecular flexibility index (Phi) is 5.30. The van der Waals surface area contributed by atoms with Crippen molar-refractivity contribution in [2.75, 3.05) is 20.1 Å². The van der Waals surface area contributed by atoms with Gasteiger partial charge in [0.15, 0.2) is 0 Å². The molecule has 2 rings (SSSR count). The average molecular weight is 343 g/mol. The first kappa shape index (κ1) is 14.9. The van der Waals surface area contributed by atoms with Crippen molar-refractivity contribution in [3.8, 4) is 0 Å². The molecule has 1 heterocycles. The van der Waals surface area contributed by atoms with Crippen LogP contribution in [0.3, 0.4) is 0 Å². The smallest absolute Gasteiger partial charge is 0.252 e. The van der Waals surface area contributed by atoms with E-state index in [4.69, 9.17) is 0 Å². The fourth-order valence-electron chi connectivity index (χ4n) is 2.40. The van der Waals surface area contributed by atoms with Crippen LogP contribution in [0.2, 0.25) is 0 Å². The minimum absolute atomic E-state index is 0.0400. The zero-order chi connectivity index (χ0) is 13.8. The first-order chi connectivity index (χ1) is 9.08.